The van der Waals surface area contributed by atoms with E-state index in [1.807, 2.05) is 12.2 Å². The van der Waals surface area contributed by atoms with Gasteiger partial charge in [-0.3, -0.25) is 9.59 Å². The summed E-state index contributed by atoms with van der Waals surface area (Å²) in [7, 11) is 0. The molecule has 1 amide bonds. The average Bonchev–Trinajstić information content (AvgIpc) is 2.92. The standard InChI is InChI=1S/C15H23NO4/c17-9-11-5-3-4-10(11)8-16-14(18)12-6-1-2-7-13(12)15(19)20/h1-2,10-13,17H,3-9H2,(H,16,18)(H,19,20). The number of carboxylic acids is 1. The quantitative estimate of drug-likeness (QED) is 0.660. The van der Waals surface area contributed by atoms with Crippen molar-refractivity contribution < 1.29 is 19.8 Å². The molecule has 1 fully saturated rings. The van der Waals surface area contributed by atoms with Crippen molar-refractivity contribution in [3.8, 4) is 0 Å². The van der Waals surface area contributed by atoms with Crippen LogP contribution in [0.4, 0.5) is 0 Å². The summed E-state index contributed by atoms with van der Waals surface area (Å²) in [6.45, 7) is 0.723. The van der Waals surface area contributed by atoms with E-state index in [1.165, 1.54) is 0 Å². The van der Waals surface area contributed by atoms with E-state index in [1.54, 1.807) is 0 Å². The van der Waals surface area contributed by atoms with E-state index in [9.17, 15) is 19.8 Å². The molecule has 0 saturated heterocycles. The number of hydrogen-bond acceptors (Lipinski definition) is 3. The molecule has 0 aromatic heterocycles. The number of amides is 1. The minimum atomic E-state index is -0.899. The first kappa shape index (κ1) is 15.0. The molecule has 0 aromatic rings. The lowest BCUT2D eigenvalue weighted by Crippen LogP contribution is -2.41. The number of aliphatic hydroxyl groups excluding tert-OH is 1. The van der Waals surface area contributed by atoms with E-state index >= 15 is 0 Å². The Hall–Kier alpha value is -1.36. The Morgan fingerprint density at radius 2 is 1.75 bits per heavy atom. The van der Waals surface area contributed by atoms with E-state index in [-0.39, 0.29) is 18.4 Å². The Labute approximate surface area is 119 Å². The number of nitrogens with one attached hydrogen (secondary N) is 1. The molecule has 0 bridgehead atoms. The van der Waals surface area contributed by atoms with Gasteiger partial charge in [-0.15, -0.1) is 0 Å². The lowest BCUT2D eigenvalue weighted by atomic mass is 9.82. The zero-order valence-corrected chi connectivity index (χ0v) is 11.6. The Balaban J connectivity index is 1.87. The summed E-state index contributed by atoms with van der Waals surface area (Å²) in [5, 5.41) is 21.3. The minimum absolute atomic E-state index is 0.162. The molecule has 0 heterocycles. The monoisotopic (exact) mass is 281 g/mol. The van der Waals surface area contributed by atoms with E-state index < -0.39 is 17.8 Å². The Kier molecular flexibility index (Phi) is 5.17. The van der Waals surface area contributed by atoms with Crippen molar-refractivity contribution in [3.05, 3.63) is 12.2 Å². The molecule has 0 aliphatic heterocycles. The molecule has 3 N–H and O–H groups in total. The fourth-order valence-electron chi connectivity index (χ4n) is 3.36. The molecule has 0 spiro atoms. The van der Waals surface area contributed by atoms with Crippen molar-refractivity contribution in [1.29, 1.82) is 0 Å². The molecule has 4 atom stereocenters. The third-order valence-corrected chi connectivity index (χ3v) is 4.68. The number of carboxylic acid groups (broad SMARTS) is 1. The zero-order chi connectivity index (χ0) is 14.5. The van der Waals surface area contributed by atoms with Crippen molar-refractivity contribution in [3.63, 3.8) is 0 Å². The molecule has 5 nitrogen and oxygen atoms in total. The normalized spacial score (nSPS) is 33.0. The number of aliphatic hydroxyl groups is 1. The predicted molar refractivity (Wildman–Crippen MR) is 73.9 cm³/mol. The molecule has 5 heteroatoms. The van der Waals surface area contributed by atoms with Gasteiger partial charge >= 0.3 is 5.97 Å². The van der Waals surface area contributed by atoms with Crippen LogP contribution in [-0.4, -0.2) is 35.2 Å². The van der Waals surface area contributed by atoms with Gasteiger partial charge in [-0.05, 0) is 37.5 Å². The summed E-state index contributed by atoms with van der Waals surface area (Å²) in [5.41, 5.74) is 0. The summed E-state index contributed by atoms with van der Waals surface area (Å²) in [4.78, 5) is 23.4. The maximum Gasteiger partial charge on any atom is 0.307 e. The van der Waals surface area contributed by atoms with Crippen LogP contribution in [0.3, 0.4) is 0 Å². The summed E-state index contributed by atoms with van der Waals surface area (Å²) in [6.07, 6.45) is 7.78. The first-order chi connectivity index (χ1) is 9.63. The van der Waals surface area contributed by atoms with Crippen LogP contribution in [0.5, 0.6) is 0 Å². The maximum absolute atomic E-state index is 12.2. The van der Waals surface area contributed by atoms with Crippen LogP contribution in [0.15, 0.2) is 12.2 Å². The van der Waals surface area contributed by atoms with Gasteiger partial charge in [-0.25, -0.2) is 0 Å². The highest BCUT2D eigenvalue weighted by Gasteiger charge is 2.34. The maximum atomic E-state index is 12.2. The zero-order valence-electron chi connectivity index (χ0n) is 11.6. The fraction of sp³-hybridized carbons (Fsp3) is 0.733. The van der Waals surface area contributed by atoms with Gasteiger partial charge in [0.1, 0.15) is 0 Å². The fourth-order valence-corrected chi connectivity index (χ4v) is 3.36. The van der Waals surface area contributed by atoms with Crippen LogP contribution < -0.4 is 5.32 Å². The number of aliphatic carboxylic acids is 1. The van der Waals surface area contributed by atoms with Gasteiger partial charge in [-0.1, -0.05) is 18.6 Å². The van der Waals surface area contributed by atoms with Crippen LogP contribution in [-0.2, 0) is 9.59 Å². The molecule has 2 aliphatic carbocycles. The topological polar surface area (TPSA) is 86.6 Å². The van der Waals surface area contributed by atoms with Gasteiger partial charge in [-0.2, -0.15) is 0 Å². The summed E-state index contributed by atoms with van der Waals surface area (Å²) in [6, 6.07) is 0. The summed E-state index contributed by atoms with van der Waals surface area (Å²) < 4.78 is 0. The van der Waals surface area contributed by atoms with Crippen molar-refractivity contribution in [2.24, 2.45) is 23.7 Å². The van der Waals surface area contributed by atoms with Crippen LogP contribution in [0, 0.1) is 23.7 Å². The summed E-state index contributed by atoms with van der Waals surface area (Å²) >= 11 is 0. The molecule has 20 heavy (non-hydrogen) atoms. The van der Waals surface area contributed by atoms with Crippen LogP contribution in [0.1, 0.15) is 32.1 Å². The Morgan fingerprint density at radius 1 is 1.10 bits per heavy atom. The number of carbonyl (C=O) groups is 2. The minimum Gasteiger partial charge on any atom is -0.481 e. The van der Waals surface area contributed by atoms with Crippen molar-refractivity contribution in [2.75, 3.05) is 13.2 Å². The smallest absolute Gasteiger partial charge is 0.307 e. The third-order valence-electron chi connectivity index (χ3n) is 4.68. The Morgan fingerprint density at radius 3 is 2.40 bits per heavy atom. The molecule has 2 rings (SSSR count). The van der Waals surface area contributed by atoms with Crippen LogP contribution in [0.2, 0.25) is 0 Å². The van der Waals surface area contributed by atoms with Gasteiger partial charge in [0.25, 0.3) is 0 Å². The van der Waals surface area contributed by atoms with Gasteiger partial charge < -0.3 is 15.5 Å². The number of carbonyl (C=O) groups excluding carboxylic acids is 1. The lowest BCUT2D eigenvalue weighted by molar-refractivity contribution is -0.147. The third kappa shape index (κ3) is 3.39. The van der Waals surface area contributed by atoms with E-state index in [2.05, 4.69) is 5.32 Å². The van der Waals surface area contributed by atoms with Crippen molar-refractivity contribution >= 4 is 11.9 Å². The molecule has 1 saturated carbocycles. The number of rotatable bonds is 5. The predicted octanol–water partition coefficient (Wildman–Crippen LogP) is 1.18. The van der Waals surface area contributed by atoms with E-state index in [0.29, 0.717) is 25.3 Å². The van der Waals surface area contributed by atoms with Gasteiger partial charge in [0.15, 0.2) is 0 Å². The van der Waals surface area contributed by atoms with Gasteiger partial charge in [0, 0.05) is 13.2 Å². The first-order valence-electron chi connectivity index (χ1n) is 7.39. The van der Waals surface area contributed by atoms with Gasteiger partial charge in [0.2, 0.25) is 5.91 Å². The number of hydrogen-bond donors (Lipinski definition) is 3. The number of allylic oxidation sites excluding steroid dienone is 2. The highest BCUT2D eigenvalue weighted by molar-refractivity contribution is 5.85. The second kappa shape index (κ2) is 6.88. The second-order valence-electron chi connectivity index (χ2n) is 5.87. The molecular formula is C15H23NO4. The van der Waals surface area contributed by atoms with E-state index in [4.69, 9.17) is 0 Å². The molecule has 0 radical (unpaired) electrons. The highest BCUT2D eigenvalue weighted by atomic mass is 16.4. The highest BCUT2D eigenvalue weighted by Crippen LogP contribution is 2.31. The van der Waals surface area contributed by atoms with Gasteiger partial charge in [0.05, 0.1) is 11.8 Å². The molecule has 0 aromatic carbocycles. The summed E-state index contributed by atoms with van der Waals surface area (Å²) in [5.74, 6) is -1.54. The average molecular weight is 281 g/mol. The molecule has 4 unspecified atom stereocenters. The van der Waals surface area contributed by atoms with Crippen molar-refractivity contribution in [1.82, 2.24) is 5.32 Å². The van der Waals surface area contributed by atoms with Crippen LogP contribution >= 0.6 is 0 Å². The van der Waals surface area contributed by atoms with Crippen molar-refractivity contribution in [2.45, 2.75) is 32.1 Å². The molecular weight excluding hydrogens is 258 g/mol. The largest absolute Gasteiger partial charge is 0.481 e. The van der Waals surface area contributed by atoms with Crippen LogP contribution in [0.25, 0.3) is 0 Å². The second-order valence-corrected chi connectivity index (χ2v) is 5.87. The molecule has 112 valence electrons. The molecule has 2 aliphatic rings. The first-order valence-corrected chi connectivity index (χ1v) is 7.39. The lowest BCUT2D eigenvalue weighted by Gasteiger charge is -2.25. The van der Waals surface area contributed by atoms with E-state index in [0.717, 1.165) is 19.3 Å². The Bertz CT molecular complexity index is 393. The SMILES string of the molecule is O=C(O)C1CC=CCC1C(=O)NCC1CCCC1CO.